The summed E-state index contributed by atoms with van der Waals surface area (Å²) in [5.74, 6) is 1.71. The highest BCUT2D eigenvalue weighted by Crippen LogP contribution is 2.36. The molecule has 0 bridgehead atoms. The van der Waals surface area contributed by atoms with Crippen LogP contribution in [0.5, 0.6) is 5.75 Å². The Balaban J connectivity index is 1.95. The third kappa shape index (κ3) is 4.74. The van der Waals surface area contributed by atoms with Gasteiger partial charge in [0, 0.05) is 12.0 Å². The van der Waals surface area contributed by atoms with Crippen LogP contribution >= 0.6 is 0 Å². The van der Waals surface area contributed by atoms with Crippen LogP contribution in [0.15, 0.2) is 24.3 Å². The number of hydrogen-bond acceptors (Lipinski definition) is 2. The molecule has 118 valence electrons. The molecule has 1 aromatic carbocycles. The Hall–Kier alpha value is -1.02. The molecule has 2 rings (SSSR count). The van der Waals surface area contributed by atoms with Crippen molar-refractivity contribution in [3.63, 3.8) is 0 Å². The van der Waals surface area contributed by atoms with Crippen LogP contribution in [0.2, 0.25) is 0 Å². The molecule has 0 fully saturated rings. The maximum atomic E-state index is 5.81. The Morgan fingerprint density at radius 3 is 2.76 bits per heavy atom. The smallest absolute Gasteiger partial charge is 0.122 e. The number of ether oxygens (including phenoxy) is 1. The topological polar surface area (TPSA) is 21.3 Å². The summed E-state index contributed by atoms with van der Waals surface area (Å²) in [6.45, 7) is 6.41. The normalized spacial score (nSPS) is 18.9. The Bertz CT molecular complexity index is 404. The van der Waals surface area contributed by atoms with Crippen molar-refractivity contribution < 1.29 is 4.74 Å². The van der Waals surface area contributed by atoms with Gasteiger partial charge in [-0.25, -0.2) is 0 Å². The van der Waals surface area contributed by atoms with Crippen LogP contribution in [0, 0.1) is 0 Å². The zero-order valence-electron chi connectivity index (χ0n) is 13.7. The predicted molar refractivity (Wildman–Crippen MR) is 90.1 cm³/mol. The zero-order valence-corrected chi connectivity index (χ0v) is 13.7. The second-order valence-electron chi connectivity index (χ2n) is 6.15. The first-order valence-electron chi connectivity index (χ1n) is 8.82. The fraction of sp³-hybridized carbons (Fsp3) is 0.684. The van der Waals surface area contributed by atoms with Crippen LogP contribution in [0.25, 0.3) is 0 Å². The summed E-state index contributed by atoms with van der Waals surface area (Å²) in [5, 5.41) is 3.73. The number of hydrogen-bond donors (Lipinski definition) is 1. The van der Waals surface area contributed by atoms with E-state index in [9.17, 15) is 0 Å². The molecular weight excluding hydrogens is 258 g/mol. The van der Waals surface area contributed by atoms with E-state index in [4.69, 9.17) is 4.74 Å². The Morgan fingerprint density at radius 1 is 1.14 bits per heavy atom. The largest absolute Gasteiger partial charge is 0.493 e. The lowest BCUT2D eigenvalue weighted by atomic mass is 9.84. The molecule has 0 amide bonds. The van der Waals surface area contributed by atoms with Gasteiger partial charge in [0.05, 0.1) is 6.61 Å². The van der Waals surface area contributed by atoms with E-state index in [1.54, 1.807) is 0 Å². The lowest BCUT2D eigenvalue weighted by Crippen LogP contribution is -2.37. The number of para-hydroxylation sites is 1. The highest BCUT2D eigenvalue weighted by Gasteiger charge is 2.27. The van der Waals surface area contributed by atoms with Gasteiger partial charge in [-0.1, -0.05) is 64.2 Å². The maximum absolute atomic E-state index is 5.81. The van der Waals surface area contributed by atoms with Crippen LogP contribution in [0.1, 0.15) is 70.3 Å². The van der Waals surface area contributed by atoms with Gasteiger partial charge >= 0.3 is 0 Å². The Labute approximate surface area is 130 Å². The van der Waals surface area contributed by atoms with Crippen molar-refractivity contribution >= 4 is 0 Å². The fourth-order valence-corrected chi connectivity index (χ4v) is 3.46. The minimum Gasteiger partial charge on any atom is -0.493 e. The number of benzene rings is 1. The average molecular weight is 289 g/mol. The SMILES string of the molecule is CCCCCCCC(NCC)C1CCOc2ccccc21. The summed E-state index contributed by atoms with van der Waals surface area (Å²) in [5.41, 5.74) is 1.41. The predicted octanol–water partition coefficient (Wildman–Crippen LogP) is 4.89. The first-order valence-corrected chi connectivity index (χ1v) is 8.82. The second-order valence-corrected chi connectivity index (χ2v) is 6.15. The number of rotatable bonds is 9. The third-order valence-electron chi connectivity index (χ3n) is 4.58. The van der Waals surface area contributed by atoms with Crippen molar-refractivity contribution in [3.05, 3.63) is 29.8 Å². The van der Waals surface area contributed by atoms with Gasteiger partial charge in [0.25, 0.3) is 0 Å². The van der Waals surface area contributed by atoms with E-state index in [1.165, 1.54) is 44.1 Å². The van der Waals surface area contributed by atoms with Gasteiger partial charge in [0.15, 0.2) is 0 Å². The molecule has 1 aromatic rings. The number of unbranched alkanes of at least 4 members (excludes halogenated alkanes) is 4. The van der Waals surface area contributed by atoms with Gasteiger partial charge < -0.3 is 10.1 Å². The molecule has 0 aliphatic carbocycles. The van der Waals surface area contributed by atoms with Gasteiger partial charge in [-0.2, -0.15) is 0 Å². The first kappa shape index (κ1) is 16.4. The van der Waals surface area contributed by atoms with E-state index in [-0.39, 0.29) is 0 Å². The van der Waals surface area contributed by atoms with E-state index in [0.717, 1.165) is 25.3 Å². The van der Waals surface area contributed by atoms with E-state index >= 15 is 0 Å². The van der Waals surface area contributed by atoms with Crippen LogP contribution in [-0.2, 0) is 0 Å². The van der Waals surface area contributed by atoms with E-state index in [1.807, 2.05) is 0 Å². The molecule has 0 saturated heterocycles. The van der Waals surface area contributed by atoms with Gasteiger partial charge in [-0.3, -0.25) is 0 Å². The fourth-order valence-electron chi connectivity index (χ4n) is 3.46. The van der Waals surface area contributed by atoms with E-state index in [2.05, 4.69) is 43.4 Å². The monoisotopic (exact) mass is 289 g/mol. The van der Waals surface area contributed by atoms with Crippen molar-refractivity contribution in [1.29, 1.82) is 0 Å². The summed E-state index contributed by atoms with van der Waals surface area (Å²) in [7, 11) is 0. The number of nitrogens with one attached hydrogen (secondary N) is 1. The lowest BCUT2D eigenvalue weighted by Gasteiger charge is -2.33. The molecule has 2 atom stereocenters. The van der Waals surface area contributed by atoms with Crippen molar-refractivity contribution in [2.24, 2.45) is 0 Å². The minimum absolute atomic E-state index is 0.599. The Morgan fingerprint density at radius 2 is 1.95 bits per heavy atom. The van der Waals surface area contributed by atoms with Crippen molar-refractivity contribution in [3.8, 4) is 5.75 Å². The highest BCUT2D eigenvalue weighted by atomic mass is 16.5. The summed E-state index contributed by atoms with van der Waals surface area (Å²) in [6.07, 6.45) is 9.24. The molecule has 1 aliphatic heterocycles. The molecule has 0 spiro atoms. The van der Waals surface area contributed by atoms with E-state index < -0.39 is 0 Å². The highest BCUT2D eigenvalue weighted by molar-refractivity contribution is 5.38. The first-order chi connectivity index (χ1) is 10.4. The van der Waals surface area contributed by atoms with Crippen LogP contribution in [0.4, 0.5) is 0 Å². The lowest BCUT2D eigenvalue weighted by molar-refractivity contribution is 0.240. The molecule has 0 radical (unpaired) electrons. The van der Waals surface area contributed by atoms with Crippen molar-refractivity contribution in [2.45, 2.75) is 70.8 Å². The van der Waals surface area contributed by atoms with Crippen LogP contribution in [0.3, 0.4) is 0 Å². The molecule has 0 aromatic heterocycles. The third-order valence-corrected chi connectivity index (χ3v) is 4.58. The summed E-state index contributed by atoms with van der Waals surface area (Å²) < 4.78 is 5.81. The van der Waals surface area contributed by atoms with E-state index in [0.29, 0.717) is 12.0 Å². The molecular formula is C19H31NO. The van der Waals surface area contributed by atoms with Crippen LogP contribution < -0.4 is 10.1 Å². The second kappa shape index (κ2) is 9.09. The maximum Gasteiger partial charge on any atom is 0.122 e. The van der Waals surface area contributed by atoms with Gasteiger partial charge in [0.1, 0.15) is 5.75 Å². The standard InChI is InChI=1S/C19H31NO/c1-3-5-6-7-8-12-18(20-4-2)16-14-15-21-19-13-10-9-11-17(16)19/h9-11,13,16,18,20H,3-8,12,14-15H2,1-2H3. The van der Waals surface area contributed by atoms with Crippen molar-refractivity contribution in [2.75, 3.05) is 13.2 Å². The Kier molecular flexibility index (Phi) is 7.08. The molecule has 1 aliphatic rings. The van der Waals surface area contributed by atoms with Gasteiger partial charge in [0.2, 0.25) is 0 Å². The number of fused-ring (bicyclic) bond motifs is 1. The van der Waals surface area contributed by atoms with Gasteiger partial charge in [-0.15, -0.1) is 0 Å². The molecule has 2 unspecified atom stereocenters. The van der Waals surface area contributed by atoms with Crippen LogP contribution in [-0.4, -0.2) is 19.2 Å². The molecule has 0 saturated carbocycles. The molecule has 2 nitrogen and oxygen atoms in total. The zero-order chi connectivity index (χ0) is 14.9. The average Bonchev–Trinajstić information content (AvgIpc) is 2.53. The molecule has 21 heavy (non-hydrogen) atoms. The molecule has 1 N–H and O–H groups in total. The minimum atomic E-state index is 0.599. The summed E-state index contributed by atoms with van der Waals surface area (Å²) >= 11 is 0. The number of likely N-dealkylation sites (N-methyl/N-ethyl adjacent to an activating group) is 1. The quantitative estimate of drug-likeness (QED) is 0.653. The van der Waals surface area contributed by atoms with Gasteiger partial charge in [-0.05, 0) is 31.0 Å². The summed E-state index contributed by atoms with van der Waals surface area (Å²) in [6, 6.07) is 9.19. The molecule has 1 heterocycles. The summed E-state index contributed by atoms with van der Waals surface area (Å²) in [4.78, 5) is 0. The molecule has 2 heteroatoms. The van der Waals surface area contributed by atoms with Crippen molar-refractivity contribution in [1.82, 2.24) is 5.32 Å².